The summed E-state index contributed by atoms with van der Waals surface area (Å²) in [6.45, 7) is 4.12. The molecule has 1 fully saturated rings. The largest absolute Gasteiger partial charge is 0.445 e. The Morgan fingerprint density at radius 3 is 2.88 bits per heavy atom. The predicted molar refractivity (Wildman–Crippen MR) is 102 cm³/mol. The molecule has 2 heterocycles. The summed E-state index contributed by atoms with van der Waals surface area (Å²) in [5.41, 5.74) is 0. The summed E-state index contributed by atoms with van der Waals surface area (Å²) >= 11 is 3.16. The highest BCUT2D eigenvalue weighted by Crippen LogP contribution is 2.38. The Bertz CT molecular complexity index is 692. The Balaban J connectivity index is 1.50. The van der Waals surface area contributed by atoms with Crippen LogP contribution in [0.3, 0.4) is 0 Å². The number of thiazole rings is 1. The van der Waals surface area contributed by atoms with Crippen LogP contribution in [0.1, 0.15) is 69.3 Å². The Hall–Kier alpha value is -1.34. The normalized spacial score (nSPS) is 16.7. The Labute approximate surface area is 157 Å². The van der Waals surface area contributed by atoms with Crippen molar-refractivity contribution >= 4 is 34.1 Å². The van der Waals surface area contributed by atoms with Crippen LogP contribution in [0.25, 0.3) is 0 Å². The van der Waals surface area contributed by atoms with E-state index in [4.69, 9.17) is 4.42 Å². The van der Waals surface area contributed by atoms with Crippen molar-refractivity contribution in [1.29, 1.82) is 0 Å². The number of carbonyl (C=O) groups excluding carboxylic acids is 1. The minimum Gasteiger partial charge on any atom is -0.445 e. The minimum atomic E-state index is 0.0890. The van der Waals surface area contributed by atoms with Gasteiger partial charge in [-0.1, -0.05) is 37.5 Å². The molecule has 0 saturated heterocycles. The summed E-state index contributed by atoms with van der Waals surface area (Å²) in [6.07, 6.45) is 11.3. The number of amides is 1. The zero-order valence-corrected chi connectivity index (χ0v) is 16.4. The van der Waals surface area contributed by atoms with Crippen LogP contribution in [0.2, 0.25) is 0 Å². The number of carbonyl (C=O) groups is 1. The van der Waals surface area contributed by atoms with Crippen LogP contribution in [-0.2, 0) is 11.2 Å². The van der Waals surface area contributed by atoms with Gasteiger partial charge in [0.1, 0.15) is 5.76 Å². The Morgan fingerprint density at radius 1 is 1.36 bits per heavy atom. The number of hydrogen-bond acceptors (Lipinski definition) is 6. The van der Waals surface area contributed by atoms with Gasteiger partial charge in [0.2, 0.25) is 11.8 Å². The second kappa shape index (κ2) is 8.85. The molecule has 1 aliphatic carbocycles. The van der Waals surface area contributed by atoms with Crippen molar-refractivity contribution in [2.45, 2.75) is 68.3 Å². The number of aromatic nitrogens is 2. The Kier molecular flexibility index (Phi) is 6.53. The van der Waals surface area contributed by atoms with Gasteiger partial charge in [-0.25, -0.2) is 9.97 Å². The molecule has 0 aromatic carbocycles. The van der Waals surface area contributed by atoms with Crippen LogP contribution in [0, 0.1) is 5.92 Å². The molecule has 5 nitrogen and oxygen atoms in total. The summed E-state index contributed by atoms with van der Waals surface area (Å²) in [5.74, 6) is 2.27. The molecule has 0 bridgehead atoms. The average molecular weight is 380 g/mol. The van der Waals surface area contributed by atoms with Gasteiger partial charge in [-0.15, -0.1) is 11.8 Å². The lowest BCUT2D eigenvalue weighted by Crippen LogP contribution is -2.18. The average Bonchev–Trinajstić information content (AvgIpc) is 3.25. The second-order valence-corrected chi connectivity index (χ2v) is 9.19. The molecule has 0 radical (unpaired) electrons. The van der Waals surface area contributed by atoms with Crippen molar-refractivity contribution in [3.05, 3.63) is 24.0 Å². The van der Waals surface area contributed by atoms with Gasteiger partial charge >= 0.3 is 0 Å². The van der Waals surface area contributed by atoms with E-state index in [1.165, 1.54) is 43.4 Å². The van der Waals surface area contributed by atoms with E-state index in [0.29, 0.717) is 17.5 Å². The molecule has 7 heteroatoms. The summed E-state index contributed by atoms with van der Waals surface area (Å²) < 4.78 is 6.76. The molecule has 1 unspecified atom stereocenters. The number of nitrogens with one attached hydrogen (secondary N) is 1. The second-order valence-electron chi connectivity index (χ2n) is 6.52. The highest BCUT2D eigenvalue weighted by Gasteiger charge is 2.19. The fourth-order valence-corrected chi connectivity index (χ4v) is 5.19. The standard InChI is InChI=1S/C18H25N3O2S2/c1-3-14-10-19-17(23-14)12(2)24-16-11-20-18(25-16)21-15(22)9-13-7-5-4-6-8-13/h10-13H,3-9H2,1-2H3,(H,20,21,22). The van der Waals surface area contributed by atoms with Gasteiger partial charge in [-0.05, 0) is 25.7 Å². The number of oxazole rings is 1. The van der Waals surface area contributed by atoms with Gasteiger partial charge in [0.25, 0.3) is 0 Å². The molecule has 2 aromatic heterocycles. The van der Waals surface area contributed by atoms with Gasteiger partial charge in [0, 0.05) is 12.8 Å². The van der Waals surface area contributed by atoms with Crippen molar-refractivity contribution in [3.63, 3.8) is 0 Å². The van der Waals surface area contributed by atoms with Crippen LogP contribution >= 0.6 is 23.1 Å². The number of thioether (sulfide) groups is 1. The van der Waals surface area contributed by atoms with Crippen molar-refractivity contribution < 1.29 is 9.21 Å². The summed E-state index contributed by atoms with van der Waals surface area (Å²) in [6, 6.07) is 0. The van der Waals surface area contributed by atoms with Crippen molar-refractivity contribution in [2.75, 3.05) is 5.32 Å². The lowest BCUT2D eigenvalue weighted by molar-refractivity contribution is -0.117. The van der Waals surface area contributed by atoms with E-state index in [0.717, 1.165) is 22.3 Å². The fourth-order valence-electron chi connectivity index (χ4n) is 3.09. The van der Waals surface area contributed by atoms with E-state index in [1.54, 1.807) is 18.0 Å². The van der Waals surface area contributed by atoms with Crippen molar-refractivity contribution in [2.24, 2.45) is 5.92 Å². The zero-order valence-electron chi connectivity index (χ0n) is 14.8. The molecule has 1 saturated carbocycles. The third-order valence-electron chi connectivity index (χ3n) is 4.49. The molecule has 25 heavy (non-hydrogen) atoms. The zero-order chi connectivity index (χ0) is 17.6. The van der Waals surface area contributed by atoms with Crippen LogP contribution < -0.4 is 5.32 Å². The molecule has 136 valence electrons. The molecule has 0 aliphatic heterocycles. The predicted octanol–water partition coefficient (Wildman–Crippen LogP) is 5.46. The molecule has 1 amide bonds. The van der Waals surface area contributed by atoms with E-state index in [1.807, 2.05) is 13.1 Å². The molecule has 1 N–H and O–H groups in total. The summed E-state index contributed by atoms with van der Waals surface area (Å²) in [5, 5.41) is 3.75. The number of hydrogen-bond donors (Lipinski definition) is 1. The molecule has 2 aromatic rings. The van der Waals surface area contributed by atoms with Gasteiger partial charge in [0.05, 0.1) is 21.9 Å². The maximum atomic E-state index is 12.2. The van der Waals surface area contributed by atoms with E-state index in [9.17, 15) is 4.79 Å². The van der Waals surface area contributed by atoms with Gasteiger partial charge < -0.3 is 9.73 Å². The van der Waals surface area contributed by atoms with E-state index in [2.05, 4.69) is 22.2 Å². The topological polar surface area (TPSA) is 68.0 Å². The lowest BCUT2D eigenvalue weighted by atomic mass is 9.87. The Morgan fingerprint density at radius 2 is 2.16 bits per heavy atom. The molecule has 3 rings (SSSR count). The highest BCUT2D eigenvalue weighted by molar-refractivity contribution is 8.01. The SMILES string of the molecule is CCc1cnc(C(C)Sc2cnc(NC(=O)CC3CCCCC3)s2)o1. The van der Waals surface area contributed by atoms with Gasteiger partial charge in [-0.2, -0.15) is 0 Å². The van der Waals surface area contributed by atoms with E-state index in [-0.39, 0.29) is 11.2 Å². The van der Waals surface area contributed by atoms with Crippen LogP contribution in [0.4, 0.5) is 5.13 Å². The first-order valence-electron chi connectivity index (χ1n) is 9.01. The maximum absolute atomic E-state index is 12.2. The number of aryl methyl sites for hydroxylation is 1. The van der Waals surface area contributed by atoms with Crippen LogP contribution in [-0.4, -0.2) is 15.9 Å². The van der Waals surface area contributed by atoms with Gasteiger partial charge in [-0.3, -0.25) is 4.79 Å². The molecule has 0 spiro atoms. The number of nitrogens with zero attached hydrogens (tertiary/aromatic N) is 2. The molecule has 1 atom stereocenters. The smallest absolute Gasteiger partial charge is 0.226 e. The molecular weight excluding hydrogens is 354 g/mol. The van der Waals surface area contributed by atoms with Crippen molar-refractivity contribution in [1.82, 2.24) is 9.97 Å². The first-order chi connectivity index (χ1) is 12.1. The third-order valence-corrected chi connectivity index (χ3v) is 6.63. The maximum Gasteiger partial charge on any atom is 0.226 e. The highest BCUT2D eigenvalue weighted by atomic mass is 32.2. The van der Waals surface area contributed by atoms with Crippen LogP contribution in [0.5, 0.6) is 0 Å². The number of anilines is 1. The first-order valence-corrected chi connectivity index (χ1v) is 10.7. The number of rotatable bonds is 7. The monoisotopic (exact) mass is 379 g/mol. The van der Waals surface area contributed by atoms with E-state index < -0.39 is 0 Å². The summed E-state index contributed by atoms with van der Waals surface area (Å²) in [7, 11) is 0. The minimum absolute atomic E-state index is 0.0890. The molecular formula is C18H25N3O2S2. The van der Waals surface area contributed by atoms with E-state index >= 15 is 0 Å². The van der Waals surface area contributed by atoms with Crippen LogP contribution in [0.15, 0.2) is 21.0 Å². The first kappa shape index (κ1) is 18.5. The van der Waals surface area contributed by atoms with Crippen molar-refractivity contribution in [3.8, 4) is 0 Å². The molecule has 1 aliphatic rings. The van der Waals surface area contributed by atoms with Gasteiger partial charge in [0.15, 0.2) is 5.13 Å². The quantitative estimate of drug-likeness (QED) is 0.647. The fraction of sp³-hybridized carbons (Fsp3) is 0.611. The summed E-state index contributed by atoms with van der Waals surface area (Å²) in [4.78, 5) is 20.9. The third kappa shape index (κ3) is 5.31. The lowest BCUT2D eigenvalue weighted by Gasteiger charge is -2.20.